The maximum absolute atomic E-state index is 2.41. The third kappa shape index (κ3) is 4.18. The molecule has 0 fully saturated rings. The van der Waals surface area contributed by atoms with Crippen molar-refractivity contribution in [1.82, 2.24) is 0 Å². The van der Waals surface area contributed by atoms with Crippen LogP contribution in [0.15, 0.2) is 170 Å². The van der Waals surface area contributed by atoms with E-state index in [4.69, 9.17) is 0 Å². The Morgan fingerprint density at radius 2 is 0.700 bits per heavy atom. The Morgan fingerprint density at radius 1 is 0.280 bits per heavy atom. The molecule has 0 unspecified atom stereocenters. The second-order valence-electron chi connectivity index (χ2n) is 13.7. The molecule has 0 atom stereocenters. The summed E-state index contributed by atoms with van der Waals surface area (Å²) in [4.78, 5) is 0. The summed E-state index contributed by atoms with van der Waals surface area (Å²) < 4.78 is 0. The Kier molecular flexibility index (Phi) is 6.41. The molecule has 0 spiro atoms. The summed E-state index contributed by atoms with van der Waals surface area (Å²) in [6, 6.07) is 62.9. The lowest BCUT2D eigenvalue weighted by Gasteiger charge is -2.21. The maximum Gasteiger partial charge on any atom is -0.00199 e. The smallest absolute Gasteiger partial charge is 0.00199 e. The molecule has 0 saturated carbocycles. The number of fused-ring (bicyclic) bond motifs is 8. The van der Waals surface area contributed by atoms with Crippen molar-refractivity contribution < 1.29 is 0 Å². The van der Waals surface area contributed by atoms with Crippen molar-refractivity contribution in [2.24, 2.45) is 0 Å². The standard InChI is InChI=1S/C50H34/c1-31-29-34(27-28-35(31)48-32(2)36-16-5-6-18-38(36)40-20-9-10-22-42(40)48)49-43-23-11-13-25-45(43)50(46-26-14-12-24-44(46)49)47-30-33-15-3-4-17-37(33)39-19-7-8-21-41(39)47/h3-30H,1-2H3. The van der Waals surface area contributed by atoms with Crippen molar-refractivity contribution in [3.63, 3.8) is 0 Å². The van der Waals surface area contributed by atoms with E-state index < -0.39 is 0 Å². The molecule has 0 N–H and O–H groups in total. The zero-order valence-corrected chi connectivity index (χ0v) is 28.2. The summed E-state index contributed by atoms with van der Waals surface area (Å²) in [6.07, 6.45) is 0. The van der Waals surface area contributed by atoms with Crippen LogP contribution in [-0.4, -0.2) is 0 Å². The Bertz CT molecular complexity index is 2940. The molecule has 0 saturated heterocycles. The molecule has 0 bridgehead atoms. The van der Waals surface area contributed by atoms with Crippen LogP contribution in [0.25, 0.3) is 98.0 Å². The van der Waals surface area contributed by atoms with Crippen LogP contribution in [-0.2, 0) is 0 Å². The van der Waals surface area contributed by atoms with Crippen LogP contribution in [0.5, 0.6) is 0 Å². The largest absolute Gasteiger partial charge is 0.0616 e. The van der Waals surface area contributed by atoms with Gasteiger partial charge in [0.1, 0.15) is 0 Å². The molecule has 10 aromatic carbocycles. The quantitative estimate of drug-likeness (QED) is 0.134. The first-order chi connectivity index (χ1) is 24.7. The highest BCUT2D eigenvalue weighted by atomic mass is 14.2. The summed E-state index contributed by atoms with van der Waals surface area (Å²) >= 11 is 0. The molecule has 0 amide bonds. The predicted octanol–water partition coefficient (Wildman–Crippen LogP) is 14.2. The average Bonchev–Trinajstić information content (AvgIpc) is 3.17. The number of hydrogen-bond acceptors (Lipinski definition) is 0. The minimum atomic E-state index is 1.25. The van der Waals surface area contributed by atoms with E-state index in [0.717, 1.165) is 0 Å². The third-order valence-electron chi connectivity index (χ3n) is 10.9. The molecule has 50 heavy (non-hydrogen) atoms. The summed E-state index contributed by atoms with van der Waals surface area (Å²) in [6.45, 7) is 4.57. The normalized spacial score (nSPS) is 11.8. The maximum atomic E-state index is 2.41. The van der Waals surface area contributed by atoms with E-state index in [1.54, 1.807) is 0 Å². The fraction of sp³-hybridized carbons (Fsp3) is 0.0400. The summed E-state index contributed by atoms with van der Waals surface area (Å²) in [7, 11) is 0. The first-order valence-electron chi connectivity index (χ1n) is 17.5. The van der Waals surface area contributed by atoms with Crippen molar-refractivity contribution in [2.75, 3.05) is 0 Å². The van der Waals surface area contributed by atoms with Gasteiger partial charge in [0.25, 0.3) is 0 Å². The lowest BCUT2D eigenvalue weighted by atomic mass is 9.82. The molecule has 234 valence electrons. The van der Waals surface area contributed by atoms with Crippen LogP contribution in [0.4, 0.5) is 0 Å². The van der Waals surface area contributed by atoms with E-state index in [9.17, 15) is 0 Å². The molecule has 0 heteroatoms. The summed E-state index contributed by atoms with van der Waals surface area (Å²) in [5.74, 6) is 0. The molecule has 0 aliphatic rings. The molecule has 0 aliphatic heterocycles. The van der Waals surface area contributed by atoms with Gasteiger partial charge in [0.2, 0.25) is 0 Å². The molecule has 0 aromatic heterocycles. The lowest BCUT2D eigenvalue weighted by Crippen LogP contribution is -1.94. The minimum absolute atomic E-state index is 1.25. The fourth-order valence-corrected chi connectivity index (χ4v) is 8.76. The highest BCUT2D eigenvalue weighted by Gasteiger charge is 2.20. The Hall–Kier alpha value is -6.24. The van der Waals surface area contributed by atoms with Gasteiger partial charge in [-0.15, -0.1) is 0 Å². The van der Waals surface area contributed by atoms with Crippen LogP contribution in [0, 0.1) is 13.8 Å². The van der Waals surface area contributed by atoms with Crippen molar-refractivity contribution >= 4 is 64.6 Å². The second kappa shape index (κ2) is 11.2. The van der Waals surface area contributed by atoms with E-state index in [2.05, 4.69) is 184 Å². The van der Waals surface area contributed by atoms with Gasteiger partial charge < -0.3 is 0 Å². The van der Waals surface area contributed by atoms with Crippen molar-refractivity contribution in [1.29, 1.82) is 0 Å². The third-order valence-corrected chi connectivity index (χ3v) is 10.9. The van der Waals surface area contributed by atoms with Crippen LogP contribution in [0.1, 0.15) is 11.1 Å². The zero-order chi connectivity index (χ0) is 33.3. The number of aryl methyl sites for hydroxylation is 2. The van der Waals surface area contributed by atoms with E-state index in [0.29, 0.717) is 0 Å². The van der Waals surface area contributed by atoms with Gasteiger partial charge in [0.15, 0.2) is 0 Å². The zero-order valence-electron chi connectivity index (χ0n) is 28.2. The van der Waals surface area contributed by atoms with E-state index in [1.807, 2.05) is 0 Å². The lowest BCUT2D eigenvalue weighted by molar-refractivity contribution is 1.44. The Balaban J connectivity index is 1.25. The molecule has 10 aromatic rings. The molecule has 0 heterocycles. The van der Waals surface area contributed by atoms with Gasteiger partial charge in [-0.2, -0.15) is 0 Å². The number of rotatable bonds is 3. The second-order valence-corrected chi connectivity index (χ2v) is 13.7. The first kappa shape index (κ1) is 28.7. The van der Waals surface area contributed by atoms with Gasteiger partial charge in [0.05, 0.1) is 0 Å². The number of hydrogen-bond donors (Lipinski definition) is 0. The van der Waals surface area contributed by atoms with Crippen LogP contribution in [0.2, 0.25) is 0 Å². The molecule has 0 nitrogen and oxygen atoms in total. The Morgan fingerprint density at radius 3 is 1.28 bits per heavy atom. The van der Waals surface area contributed by atoms with Crippen LogP contribution >= 0.6 is 0 Å². The molecular weight excluding hydrogens is 601 g/mol. The summed E-state index contributed by atoms with van der Waals surface area (Å²) in [5, 5.41) is 15.5. The van der Waals surface area contributed by atoms with E-state index in [1.165, 1.54) is 109 Å². The Labute approximate surface area is 291 Å². The van der Waals surface area contributed by atoms with Gasteiger partial charge in [-0.1, -0.05) is 164 Å². The number of benzene rings is 10. The SMILES string of the molecule is Cc1cc(-c2c3ccccc3c(-c3cc4ccccc4c4ccccc34)c3ccccc23)ccc1-c1c(C)c2ccccc2c2ccccc12. The first-order valence-corrected chi connectivity index (χ1v) is 17.5. The van der Waals surface area contributed by atoms with Crippen molar-refractivity contribution in [3.8, 4) is 33.4 Å². The highest BCUT2D eigenvalue weighted by Crippen LogP contribution is 2.47. The van der Waals surface area contributed by atoms with Crippen LogP contribution in [0.3, 0.4) is 0 Å². The van der Waals surface area contributed by atoms with Gasteiger partial charge in [0, 0.05) is 0 Å². The highest BCUT2D eigenvalue weighted by molar-refractivity contribution is 6.26. The molecule has 0 aliphatic carbocycles. The van der Waals surface area contributed by atoms with Gasteiger partial charge in [-0.3, -0.25) is 0 Å². The average molecular weight is 635 g/mol. The van der Waals surface area contributed by atoms with Gasteiger partial charge >= 0.3 is 0 Å². The summed E-state index contributed by atoms with van der Waals surface area (Å²) in [5.41, 5.74) is 10.4. The fourth-order valence-electron chi connectivity index (χ4n) is 8.76. The topological polar surface area (TPSA) is 0 Å². The van der Waals surface area contributed by atoms with E-state index in [-0.39, 0.29) is 0 Å². The van der Waals surface area contributed by atoms with E-state index >= 15 is 0 Å². The molecule has 10 rings (SSSR count). The van der Waals surface area contributed by atoms with Gasteiger partial charge in [-0.05, 0) is 129 Å². The molecular formula is C50H34. The van der Waals surface area contributed by atoms with Gasteiger partial charge in [-0.25, -0.2) is 0 Å². The minimum Gasteiger partial charge on any atom is -0.0616 e. The van der Waals surface area contributed by atoms with Crippen molar-refractivity contribution in [2.45, 2.75) is 13.8 Å². The monoisotopic (exact) mass is 634 g/mol. The van der Waals surface area contributed by atoms with Crippen LogP contribution < -0.4 is 0 Å². The van der Waals surface area contributed by atoms with Crippen molar-refractivity contribution in [3.05, 3.63) is 181 Å². The molecule has 0 radical (unpaired) electrons. The predicted molar refractivity (Wildman–Crippen MR) is 217 cm³/mol.